The Morgan fingerprint density at radius 2 is 1.52 bits per heavy atom. The Hall–Kier alpha value is -1.49. The molecular weight excluding hydrogens is 284 g/mol. The fourth-order valence-corrected chi connectivity index (χ4v) is 2.04. The summed E-state index contributed by atoms with van der Waals surface area (Å²) in [7, 11) is 0. The van der Waals surface area contributed by atoms with Crippen LogP contribution in [0, 0.1) is 5.92 Å². The van der Waals surface area contributed by atoms with Gasteiger partial charge in [-0.2, -0.15) is 0 Å². The lowest BCUT2D eigenvalue weighted by Crippen LogP contribution is -2.19. The van der Waals surface area contributed by atoms with Gasteiger partial charge in [-0.15, -0.1) is 11.8 Å². The summed E-state index contributed by atoms with van der Waals surface area (Å²) in [4.78, 5) is 23.4. The highest BCUT2D eigenvalue weighted by molar-refractivity contribution is 8.01. The largest absolute Gasteiger partial charge is 0.326 e. The molecule has 0 aromatic heterocycles. The Kier molecular flexibility index (Phi) is 6.27. The van der Waals surface area contributed by atoms with E-state index in [1.807, 2.05) is 13.8 Å². The van der Waals surface area contributed by atoms with Crippen LogP contribution < -0.4 is 10.6 Å². The van der Waals surface area contributed by atoms with Crippen LogP contribution in [-0.2, 0) is 9.59 Å². The maximum atomic E-state index is 11.8. The minimum Gasteiger partial charge on any atom is -0.326 e. The van der Waals surface area contributed by atoms with E-state index in [4.69, 9.17) is 0 Å². The molecule has 0 saturated heterocycles. The number of thioether (sulfide) groups is 1. The fourth-order valence-electron chi connectivity index (χ4n) is 1.40. The van der Waals surface area contributed by atoms with Crippen LogP contribution in [0.15, 0.2) is 24.3 Å². The van der Waals surface area contributed by atoms with Crippen LogP contribution in [0.3, 0.4) is 0 Å². The van der Waals surface area contributed by atoms with E-state index in [1.54, 1.807) is 36.0 Å². The first-order valence-corrected chi connectivity index (χ1v) is 8.00. The summed E-state index contributed by atoms with van der Waals surface area (Å²) in [6.07, 6.45) is 0. The molecular formula is C16H24N2O2S. The molecule has 1 rings (SSSR count). The van der Waals surface area contributed by atoms with Crippen molar-refractivity contribution >= 4 is 35.0 Å². The summed E-state index contributed by atoms with van der Waals surface area (Å²) in [5.74, 6) is 0.330. The molecule has 1 aromatic carbocycles. The zero-order valence-corrected chi connectivity index (χ0v) is 14.1. The first kappa shape index (κ1) is 17.6. The van der Waals surface area contributed by atoms with Crippen LogP contribution in [0.4, 0.5) is 11.4 Å². The molecule has 0 heterocycles. The van der Waals surface area contributed by atoms with Crippen molar-refractivity contribution in [2.24, 2.45) is 5.92 Å². The Bertz CT molecular complexity index is 490. The molecule has 116 valence electrons. The highest BCUT2D eigenvalue weighted by Gasteiger charge is 2.13. The van der Waals surface area contributed by atoms with Crippen molar-refractivity contribution in [2.45, 2.75) is 39.4 Å². The zero-order chi connectivity index (χ0) is 16.0. The van der Waals surface area contributed by atoms with Crippen LogP contribution in [0.5, 0.6) is 0 Å². The van der Waals surface area contributed by atoms with Gasteiger partial charge in [-0.05, 0) is 24.3 Å². The molecule has 0 spiro atoms. The van der Waals surface area contributed by atoms with Crippen LogP contribution in [-0.4, -0.2) is 22.3 Å². The van der Waals surface area contributed by atoms with E-state index < -0.39 is 0 Å². The van der Waals surface area contributed by atoms with Crippen molar-refractivity contribution in [2.75, 3.05) is 16.4 Å². The Morgan fingerprint density at radius 3 is 1.95 bits per heavy atom. The topological polar surface area (TPSA) is 58.2 Å². The maximum Gasteiger partial charge on any atom is 0.234 e. The molecule has 0 radical (unpaired) electrons. The van der Waals surface area contributed by atoms with E-state index >= 15 is 0 Å². The first-order valence-electron chi connectivity index (χ1n) is 7.02. The summed E-state index contributed by atoms with van der Waals surface area (Å²) >= 11 is 1.61. The smallest absolute Gasteiger partial charge is 0.234 e. The monoisotopic (exact) mass is 308 g/mol. The van der Waals surface area contributed by atoms with E-state index in [0.29, 0.717) is 5.75 Å². The normalized spacial score (nSPS) is 11.3. The van der Waals surface area contributed by atoms with Gasteiger partial charge in [0, 0.05) is 22.0 Å². The summed E-state index contributed by atoms with van der Waals surface area (Å²) in [5, 5.41) is 5.66. The summed E-state index contributed by atoms with van der Waals surface area (Å²) in [5.41, 5.74) is 1.47. The molecule has 4 nitrogen and oxygen atoms in total. The van der Waals surface area contributed by atoms with Crippen molar-refractivity contribution in [3.05, 3.63) is 24.3 Å². The van der Waals surface area contributed by atoms with E-state index in [9.17, 15) is 9.59 Å². The highest BCUT2D eigenvalue weighted by atomic mass is 32.2. The van der Waals surface area contributed by atoms with Gasteiger partial charge in [0.25, 0.3) is 0 Å². The predicted octanol–water partition coefficient (Wildman–Crippen LogP) is 3.75. The fraction of sp³-hybridized carbons (Fsp3) is 0.500. The van der Waals surface area contributed by atoms with Crippen molar-refractivity contribution in [1.29, 1.82) is 0 Å². The van der Waals surface area contributed by atoms with Gasteiger partial charge in [-0.3, -0.25) is 9.59 Å². The Balaban J connectivity index is 2.51. The second kappa shape index (κ2) is 7.50. The minimum absolute atomic E-state index is 0.0195. The second-order valence-electron chi connectivity index (χ2n) is 6.17. The molecule has 0 fully saturated rings. The van der Waals surface area contributed by atoms with E-state index in [1.165, 1.54) is 0 Å². The molecule has 1 aromatic rings. The molecule has 2 N–H and O–H groups in total. The van der Waals surface area contributed by atoms with Crippen molar-refractivity contribution in [1.82, 2.24) is 0 Å². The number of hydrogen-bond acceptors (Lipinski definition) is 3. The number of hydrogen-bond donors (Lipinski definition) is 2. The lowest BCUT2D eigenvalue weighted by molar-refractivity contribution is -0.119. The van der Waals surface area contributed by atoms with E-state index in [0.717, 1.165) is 11.4 Å². The molecule has 0 bridgehead atoms. The minimum atomic E-state index is -0.0567. The Labute approximate surface area is 131 Å². The molecule has 0 aliphatic heterocycles. The zero-order valence-electron chi connectivity index (χ0n) is 13.3. The first-order chi connectivity index (χ1) is 9.67. The van der Waals surface area contributed by atoms with Gasteiger partial charge in [-0.25, -0.2) is 0 Å². The lowest BCUT2D eigenvalue weighted by atomic mass is 10.2. The van der Waals surface area contributed by atoms with Crippen molar-refractivity contribution < 1.29 is 9.59 Å². The molecule has 0 unspecified atom stereocenters. The van der Waals surface area contributed by atoms with Crippen molar-refractivity contribution in [3.8, 4) is 0 Å². The molecule has 0 aliphatic rings. The van der Waals surface area contributed by atoms with Gasteiger partial charge in [-0.1, -0.05) is 34.6 Å². The van der Waals surface area contributed by atoms with Gasteiger partial charge >= 0.3 is 0 Å². The van der Waals surface area contributed by atoms with Gasteiger partial charge < -0.3 is 10.6 Å². The van der Waals surface area contributed by atoms with Gasteiger partial charge in [0.2, 0.25) is 11.8 Å². The number of carbonyl (C=O) groups excluding carboxylic acids is 2. The second-order valence-corrected chi connectivity index (χ2v) is 7.97. The molecule has 2 amide bonds. The molecule has 0 saturated carbocycles. The SMILES string of the molecule is CC(C)C(=O)Nc1ccc(NC(=O)CSC(C)(C)C)cc1. The summed E-state index contributed by atoms with van der Waals surface area (Å²) in [6.45, 7) is 9.93. The molecule has 0 aliphatic carbocycles. The lowest BCUT2D eigenvalue weighted by Gasteiger charge is -2.17. The number of carbonyl (C=O) groups is 2. The number of benzene rings is 1. The van der Waals surface area contributed by atoms with Crippen LogP contribution in [0.2, 0.25) is 0 Å². The third-order valence-electron chi connectivity index (χ3n) is 2.60. The van der Waals surface area contributed by atoms with Gasteiger partial charge in [0.1, 0.15) is 0 Å². The maximum absolute atomic E-state index is 11.8. The third-order valence-corrected chi connectivity index (χ3v) is 3.87. The molecule has 21 heavy (non-hydrogen) atoms. The molecule has 5 heteroatoms. The van der Waals surface area contributed by atoms with E-state index in [-0.39, 0.29) is 22.5 Å². The third kappa shape index (κ3) is 7.18. The van der Waals surface area contributed by atoms with E-state index in [2.05, 4.69) is 31.4 Å². The van der Waals surface area contributed by atoms with Crippen LogP contribution >= 0.6 is 11.8 Å². The van der Waals surface area contributed by atoms with Gasteiger partial charge in [0.15, 0.2) is 0 Å². The average molecular weight is 308 g/mol. The van der Waals surface area contributed by atoms with Crippen molar-refractivity contribution in [3.63, 3.8) is 0 Å². The summed E-state index contributed by atoms with van der Waals surface area (Å²) in [6, 6.07) is 7.14. The van der Waals surface area contributed by atoms with Crippen LogP contribution in [0.1, 0.15) is 34.6 Å². The standard InChI is InChI=1S/C16H24N2O2S/c1-11(2)15(20)18-13-8-6-12(7-9-13)17-14(19)10-21-16(3,4)5/h6-9,11H,10H2,1-5H3,(H,17,19)(H,18,20). The van der Waals surface area contributed by atoms with Gasteiger partial charge in [0.05, 0.1) is 5.75 Å². The number of amides is 2. The highest BCUT2D eigenvalue weighted by Crippen LogP contribution is 2.23. The average Bonchev–Trinajstić information content (AvgIpc) is 2.38. The number of rotatable bonds is 5. The quantitative estimate of drug-likeness (QED) is 0.871. The Morgan fingerprint density at radius 1 is 1.05 bits per heavy atom. The molecule has 0 atom stereocenters. The van der Waals surface area contributed by atoms with Crippen LogP contribution in [0.25, 0.3) is 0 Å². The number of nitrogens with one attached hydrogen (secondary N) is 2. The predicted molar refractivity (Wildman–Crippen MR) is 90.8 cm³/mol. The number of anilines is 2. The summed E-state index contributed by atoms with van der Waals surface area (Å²) < 4.78 is 0.0718.